The number of hydrogen-bond acceptors (Lipinski definition) is 4. The highest BCUT2D eigenvalue weighted by molar-refractivity contribution is 6.00. The minimum absolute atomic E-state index is 0.0177. The van der Waals surface area contributed by atoms with E-state index in [1.54, 1.807) is 4.90 Å². The summed E-state index contributed by atoms with van der Waals surface area (Å²) in [5.41, 5.74) is 0.0691. The summed E-state index contributed by atoms with van der Waals surface area (Å²) in [5.74, 6) is -0.336. The standard InChI is InChI=1S/C20H25F3N2O4/c1-2-12-24-18(27)28-15-7-9-19(10-8-15)11-13-25(17(19)26)14-3-5-16(6-4-14)29-20(21,22)23/h3-6,15H,2,7-13H2,1H3,(H,24,27)/t15-,19+. The van der Waals surface area contributed by atoms with Crippen LogP contribution in [0.4, 0.5) is 23.7 Å². The van der Waals surface area contributed by atoms with Gasteiger partial charge < -0.3 is 19.7 Å². The molecule has 0 radical (unpaired) electrons. The van der Waals surface area contributed by atoms with E-state index in [0.717, 1.165) is 6.42 Å². The van der Waals surface area contributed by atoms with Gasteiger partial charge in [0.1, 0.15) is 11.9 Å². The van der Waals surface area contributed by atoms with E-state index in [4.69, 9.17) is 4.74 Å². The summed E-state index contributed by atoms with van der Waals surface area (Å²) in [4.78, 5) is 26.4. The fraction of sp³-hybridized carbons (Fsp3) is 0.600. The molecule has 0 unspecified atom stereocenters. The lowest BCUT2D eigenvalue weighted by molar-refractivity contribution is -0.274. The number of ether oxygens (including phenoxy) is 2. The Balaban J connectivity index is 1.57. The molecule has 160 valence electrons. The van der Waals surface area contributed by atoms with Gasteiger partial charge in [0.2, 0.25) is 5.91 Å². The topological polar surface area (TPSA) is 67.9 Å². The first kappa shape index (κ1) is 21.3. The molecule has 0 atom stereocenters. The van der Waals surface area contributed by atoms with Crippen LogP contribution in [-0.2, 0) is 9.53 Å². The molecule has 29 heavy (non-hydrogen) atoms. The Morgan fingerprint density at radius 2 is 1.86 bits per heavy atom. The number of halogens is 3. The molecule has 1 spiro atoms. The van der Waals surface area contributed by atoms with E-state index in [2.05, 4.69) is 10.1 Å². The fourth-order valence-corrected chi connectivity index (χ4v) is 4.04. The molecule has 0 aromatic heterocycles. The van der Waals surface area contributed by atoms with Crippen molar-refractivity contribution in [3.63, 3.8) is 0 Å². The van der Waals surface area contributed by atoms with Crippen LogP contribution in [0.1, 0.15) is 45.4 Å². The van der Waals surface area contributed by atoms with Crippen LogP contribution in [0.25, 0.3) is 0 Å². The first-order valence-corrected chi connectivity index (χ1v) is 9.85. The van der Waals surface area contributed by atoms with Gasteiger partial charge in [-0.3, -0.25) is 4.79 Å². The summed E-state index contributed by atoms with van der Waals surface area (Å²) in [6.45, 7) is 3.04. The Labute approximate surface area is 167 Å². The van der Waals surface area contributed by atoms with E-state index in [0.29, 0.717) is 50.9 Å². The van der Waals surface area contributed by atoms with Gasteiger partial charge >= 0.3 is 12.5 Å². The molecule has 1 aliphatic heterocycles. The smallest absolute Gasteiger partial charge is 0.446 e. The van der Waals surface area contributed by atoms with Crippen LogP contribution in [0, 0.1) is 5.41 Å². The van der Waals surface area contributed by atoms with Crippen molar-refractivity contribution in [3.05, 3.63) is 24.3 Å². The van der Waals surface area contributed by atoms with Gasteiger partial charge in [-0.05, 0) is 62.8 Å². The van der Waals surface area contributed by atoms with Crippen molar-refractivity contribution >= 4 is 17.7 Å². The number of alkyl carbamates (subject to hydrolysis) is 1. The van der Waals surface area contributed by atoms with Crippen LogP contribution in [-0.4, -0.2) is 37.6 Å². The second-order valence-corrected chi connectivity index (χ2v) is 7.56. The quantitative estimate of drug-likeness (QED) is 0.776. The molecule has 2 fully saturated rings. The lowest BCUT2D eigenvalue weighted by Gasteiger charge is -2.35. The van der Waals surface area contributed by atoms with Crippen molar-refractivity contribution < 1.29 is 32.2 Å². The van der Waals surface area contributed by atoms with Gasteiger partial charge in [-0.2, -0.15) is 0 Å². The molecule has 0 bridgehead atoms. The third-order valence-corrected chi connectivity index (χ3v) is 5.58. The average Bonchev–Trinajstić information content (AvgIpc) is 2.98. The first-order chi connectivity index (χ1) is 13.7. The SMILES string of the molecule is CCCNC(=O)O[C@H]1CC[C@]2(CCN(c3ccc(OC(F)(F)F)cc3)C2=O)CC1. The number of rotatable bonds is 5. The van der Waals surface area contributed by atoms with E-state index < -0.39 is 17.9 Å². The summed E-state index contributed by atoms with van der Waals surface area (Å²) in [7, 11) is 0. The molecule has 1 N–H and O–H groups in total. The van der Waals surface area contributed by atoms with Crippen LogP contribution in [0.3, 0.4) is 0 Å². The fourth-order valence-electron chi connectivity index (χ4n) is 4.04. The maximum absolute atomic E-state index is 13.1. The van der Waals surface area contributed by atoms with Crippen LogP contribution < -0.4 is 15.0 Å². The molecule has 1 aliphatic carbocycles. The van der Waals surface area contributed by atoms with E-state index in [9.17, 15) is 22.8 Å². The van der Waals surface area contributed by atoms with Crippen molar-refractivity contribution in [1.29, 1.82) is 0 Å². The van der Waals surface area contributed by atoms with Crippen LogP contribution in [0.2, 0.25) is 0 Å². The predicted molar refractivity (Wildman–Crippen MR) is 99.6 cm³/mol. The highest BCUT2D eigenvalue weighted by Crippen LogP contribution is 2.46. The number of hydrogen-bond donors (Lipinski definition) is 1. The number of nitrogens with zero attached hydrogens (tertiary/aromatic N) is 1. The van der Waals surface area contributed by atoms with Crippen molar-refractivity contribution in [2.45, 2.75) is 57.9 Å². The zero-order valence-electron chi connectivity index (χ0n) is 16.3. The second-order valence-electron chi connectivity index (χ2n) is 7.56. The molecular weight excluding hydrogens is 389 g/mol. The Hall–Kier alpha value is -2.45. The lowest BCUT2D eigenvalue weighted by atomic mass is 9.72. The summed E-state index contributed by atoms with van der Waals surface area (Å²) in [5, 5.41) is 2.68. The number of carbonyl (C=O) groups excluding carboxylic acids is 2. The minimum atomic E-state index is -4.75. The Bertz CT molecular complexity index is 728. The molecule has 1 saturated carbocycles. The minimum Gasteiger partial charge on any atom is -0.446 e. The van der Waals surface area contributed by atoms with E-state index in [1.807, 2.05) is 6.92 Å². The number of amides is 2. The third-order valence-electron chi connectivity index (χ3n) is 5.58. The van der Waals surface area contributed by atoms with Gasteiger partial charge in [-0.15, -0.1) is 13.2 Å². The van der Waals surface area contributed by atoms with Crippen LogP contribution in [0.15, 0.2) is 24.3 Å². The van der Waals surface area contributed by atoms with Crippen LogP contribution >= 0.6 is 0 Å². The Kier molecular flexibility index (Phi) is 6.24. The molecule has 1 saturated heterocycles. The van der Waals surface area contributed by atoms with Crippen molar-refractivity contribution in [1.82, 2.24) is 5.32 Å². The first-order valence-electron chi connectivity index (χ1n) is 9.85. The summed E-state index contributed by atoms with van der Waals surface area (Å²) >= 11 is 0. The normalized spacial score (nSPS) is 24.6. The van der Waals surface area contributed by atoms with Crippen LogP contribution in [0.5, 0.6) is 5.75 Å². The Morgan fingerprint density at radius 3 is 2.45 bits per heavy atom. The van der Waals surface area contributed by atoms with Gasteiger partial charge in [0.05, 0.1) is 5.41 Å². The number of benzene rings is 1. The van der Waals surface area contributed by atoms with Gasteiger partial charge in [0.15, 0.2) is 0 Å². The molecule has 1 heterocycles. The molecule has 3 rings (SSSR count). The molecule has 6 nitrogen and oxygen atoms in total. The zero-order valence-corrected chi connectivity index (χ0v) is 16.3. The Morgan fingerprint density at radius 1 is 1.21 bits per heavy atom. The third kappa shape index (κ3) is 5.13. The van der Waals surface area contributed by atoms with Crippen molar-refractivity contribution in [3.8, 4) is 5.75 Å². The second kappa shape index (κ2) is 8.51. The van der Waals surface area contributed by atoms with Gasteiger partial charge in [0.25, 0.3) is 0 Å². The molecule has 2 aliphatic rings. The molecular formula is C20H25F3N2O4. The lowest BCUT2D eigenvalue weighted by Crippen LogP contribution is -2.40. The number of nitrogens with one attached hydrogen (secondary N) is 1. The van der Waals surface area contributed by atoms with Gasteiger partial charge in [-0.25, -0.2) is 4.79 Å². The maximum Gasteiger partial charge on any atom is 0.573 e. The molecule has 1 aromatic carbocycles. The number of alkyl halides is 3. The highest BCUT2D eigenvalue weighted by atomic mass is 19.4. The van der Waals surface area contributed by atoms with Gasteiger partial charge in [0, 0.05) is 18.8 Å². The summed E-state index contributed by atoms with van der Waals surface area (Å²) < 4.78 is 46.2. The maximum atomic E-state index is 13.1. The molecule has 1 aromatic rings. The summed E-state index contributed by atoms with van der Waals surface area (Å²) in [6.07, 6.45) is -1.35. The largest absolute Gasteiger partial charge is 0.573 e. The average molecular weight is 414 g/mol. The number of carbonyl (C=O) groups is 2. The van der Waals surface area contributed by atoms with Gasteiger partial charge in [-0.1, -0.05) is 6.92 Å². The highest BCUT2D eigenvalue weighted by Gasteiger charge is 2.49. The van der Waals surface area contributed by atoms with E-state index in [-0.39, 0.29) is 17.8 Å². The predicted octanol–water partition coefficient (Wildman–Crippen LogP) is 4.39. The van der Waals surface area contributed by atoms with Crippen molar-refractivity contribution in [2.75, 3.05) is 18.0 Å². The monoisotopic (exact) mass is 414 g/mol. The zero-order chi connectivity index (χ0) is 21.1. The van der Waals surface area contributed by atoms with E-state index in [1.165, 1.54) is 24.3 Å². The summed E-state index contributed by atoms with van der Waals surface area (Å²) in [6, 6.07) is 5.34. The van der Waals surface area contributed by atoms with Crippen molar-refractivity contribution in [2.24, 2.45) is 5.41 Å². The van der Waals surface area contributed by atoms with E-state index >= 15 is 0 Å². The number of anilines is 1. The molecule has 2 amide bonds. The molecule has 9 heteroatoms.